The summed E-state index contributed by atoms with van der Waals surface area (Å²) >= 11 is 3.44. The maximum absolute atomic E-state index is 13.0. The van der Waals surface area contributed by atoms with Crippen molar-refractivity contribution in [3.63, 3.8) is 0 Å². The van der Waals surface area contributed by atoms with Crippen LogP contribution in [0.15, 0.2) is 64.2 Å². The van der Waals surface area contributed by atoms with Gasteiger partial charge in [-0.05, 0) is 35.2 Å². The fourth-order valence-electron chi connectivity index (χ4n) is 3.22. The van der Waals surface area contributed by atoms with E-state index >= 15 is 0 Å². The van der Waals surface area contributed by atoms with E-state index in [0.717, 1.165) is 15.6 Å². The molecule has 0 N–H and O–H groups in total. The maximum Gasteiger partial charge on any atom is 0.411 e. The molecule has 28 heavy (non-hydrogen) atoms. The number of azide groups is 1. The molecular formula is C20H21BrN4O3. The molecule has 0 aromatic heterocycles. The van der Waals surface area contributed by atoms with Gasteiger partial charge in [0.1, 0.15) is 6.61 Å². The Morgan fingerprint density at radius 2 is 1.96 bits per heavy atom. The second-order valence-corrected chi connectivity index (χ2v) is 7.36. The van der Waals surface area contributed by atoms with Crippen molar-refractivity contribution < 1.29 is 14.3 Å². The summed E-state index contributed by atoms with van der Waals surface area (Å²) in [5.74, 6) is 0. The lowest BCUT2D eigenvalue weighted by Gasteiger charge is -2.41. The van der Waals surface area contributed by atoms with Crippen LogP contribution < -0.4 is 0 Å². The van der Waals surface area contributed by atoms with Crippen LogP contribution in [0.4, 0.5) is 4.79 Å². The lowest BCUT2D eigenvalue weighted by molar-refractivity contribution is -0.0485. The highest BCUT2D eigenvalue weighted by molar-refractivity contribution is 9.10. The molecule has 1 fully saturated rings. The van der Waals surface area contributed by atoms with E-state index in [0.29, 0.717) is 26.2 Å². The summed E-state index contributed by atoms with van der Waals surface area (Å²) in [4.78, 5) is 17.5. The van der Waals surface area contributed by atoms with Crippen LogP contribution in [0.3, 0.4) is 0 Å². The first kappa shape index (κ1) is 20.2. The minimum Gasteiger partial charge on any atom is -0.445 e. The van der Waals surface area contributed by atoms with Crippen LogP contribution in [0, 0.1) is 0 Å². The van der Waals surface area contributed by atoms with E-state index in [9.17, 15) is 4.79 Å². The van der Waals surface area contributed by atoms with Crippen LogP contribution >= 0.6 is 15.9 Å². The zero-order chi connectivity index (χ0) is 19.8. The zero-order valence-electron chi connectivity index (χ0n) is 15.3. The first-order valence-corrected chi connectivity index (χ1v) is 9.81. The zero-order valence-corrected chi connectivity index (χ0v) is 16.9. The molecule has 0 saturated carbocycles. The second-order valence-electron chi connectivity index (χ2n) is 6.45. The number of rotatable bonds is 6. The molecule has 8 heteroatoms. The fourth-order valence-corrected chi connectivity index (χ4v) is 3.48. The molecule has 7 nitrogen and oxygen atoms in total. The molecule has 2 aromatic carbocycles. The fraction of sp³-hybridized carbons (Fsp3) is 0.350. The second kappa shape index (κ2) is 10.1. The first-order chi connectivity index (χ1) is 13.7. The van der Waals surface area contributed by atoms with Crippen LogP contribution in [0.5, 0.6) is 0 Å². The van der Waals surface area contributed by atoms with Gasteiger partial charge in [-0.2, -0.15) is 0 Å². The van der Waals surface area contributed by atoms with Crippen molar-refractivity contribution in [2.24, 2.45) is 5.11 Å². The van der Waals surface area contributed by atoms with Crippen LogP contribution in [-0.4, -0.2) is 36.8 Å². The van der Waals surface area contributed by atoms with E-state index in [4.69, 9.17) is 15.0 Å². The molecule has 3 rings (SSSR count). The van der Waals surface area contributed by atoms with Crippen LogP contribution in [0.25, 0.3) is 10.4 Å². The van der Waals surface area contributed by atoms with Crippen molar-refractivity contribution in [1.29, 1.82) is 0 Å². The van der Waals surface area contributed by atoms with Crippen LogP contribution in [-0.2, 0) is 16.1 Å². The number of carbonyl (C=O) groups is 1. The molecule has 0 aliphatic carbocycles. The number of benzene rings is 2. The maximum atomic E-state index is 13.0. The summed E-state index contributed by atoms with van der Waals surface area (Å²) in [6.07, 6.45) is 0.114. The lowest BCUT2D eigenvalue weighted by Crippen LogP contribution is -2.51. The number of carbonyl (C=O) groups excluding carboxylic acids is 1. The van der Waals surface area contributed by atoms with E-state index in [1.165, 1.54) is 0 Å². The molecule has 2 atom stereocenters. The number of halogens is 1. The molecule has 2 unspecified atom stereocenters. The van der Waals surface area contributed by atoms with Gasteiger partial charge in [0.15, 0.2) is 0 Å². The van der Waals surface area contributed by atoms with Crippen LogP contribution in [0.2, 0.25) is 0 Å². The van der Waals surface area contributed by atoms with Gasteiger partial charge in [0.05, 0.1) is 25.3 Å². The minimum atomic E-state index is -0.397. The molecule has 0 radical (unpaired) electrons. The quantitative estimate of drug-likeness (QED) is 0.347. The summed E-state index contributed by atoms with van der Waals surface area (Å²) in [6.45, 7) is 1.27. The van der Waals surface area contributed by atoms with E-state index in [-0.39, 0.29) is 18.7 Å². The molecule has 2 aromatic rings. The third kappa shape index (κ3) is 5.25. The Hall–Kier alpha value is -2.54. The average molecular weight is 445 g/mol. The van der Waals surface area contributed by atoms with Crippen molar-refractivity contribution in [2.75, 3.05) is 19.8 Å². The van der Waals surface area contributed by atoms with E-state index in [1.54, 1.807) is 4.90 Å². The lowest BCUT2D eigenvalue weighted by atomic mass is 10.0. The normalized spacial score (nSPS) is 19.0. The summed E-state index contributed by atoms with van der Waals surface area (Å²) in [6, 6.07) is 16.9. The van der Waals surface area contributed by atoms with Crippen LogP contribution in [0.1, 0.15) is 23.6 Å². The van der Waals surface area contributed by atoms with Gasteiger partial charge in [-0.1, -0.05) is 63.5 Å². The molecule has 1 heterocycles. The van der Waals surface area contributed by atoms with E-state index < -0.39 is 6.09 Å². The van der Waals surface area contributed by atoms with Crippen molar-refractivity contribution in [1.82, 2.24) is 4.90 Å². The summed E-state index contributed by atoms with van der Waals surface area (Å²) < 4.78 is 12.3. The van der Waals surface area contributed by atoms with Gasteiger partial charge in [-0.25, -0.2) is 4.79 Å². The predicted octanol–water partition coefficient (Wildman–Crippen LogP) is 5.23. The summed E-state index contributed by atoms with van der Waals surface area (Å²) in [7, 11) is 0. The number of ether oxygens (including phenoxy) is 2. The standard InChI is InChI=1S/C20H21BrN4O3/c21-17-8-6-16(7-9-17)19-14-27-13-18(10-11-23-24-22)25(19)20(26)28-12-15-4-2-1-3-5-15/h1-9,18-19H,10-14H2. The molecule has 0 bridgehead atoms. The van der Waals surface area contributed by atoms with Gasteiger partial charge in [-0.15, -0.1) is 0 Å². The molecule has 1 amide bonds. The Kier molecular flexibility index (Phi) is 7.31. The summed E-state index contributed by atoms with van der Waals surface area (Å²) in [5.41, 5.74) is 10.4. The molecule has 1 aliphatic heterocycles. The molecule has 146 valence electrons. The topological polar surface area (TPSA) is 87.5 Å². The first-order valence-electron chi connectivity index (χ1n) is 9.02. The smallest absolute Gasteiger partial charge is 0.411 e. The number of hydrogen-bond acceptors (Lipinski definition) is 4. The van der Waals surface area contributed by atoms with Gasteiger partial charge < -0.3 is 9.47 Å². The van der Waals surface area contributed by atoms with Gasteiger partial charge in [-0.3, -0.25) is 4.90 Å². The number of hydrogen-bond donors (Lipinski definition) is 0. The van der Waals surface area contributed by atoms with Crippen molar-refractivity contribution in [3.8, 4) is 0 Å². The third-order valence-electron chi connectivity index (χ3n) is 4.61. The van der Waals surface area contributed by atoms with Gasteiger partial charge >= 0.3 is 6.09 Å². The Morgan fingerprint density at radius 3 is 2.68 bits per heavy atom. The molecule has 0 spiro atoms. The predicted molar refractivity (Wildman–Crippen MR) is 109 cm³/mol. The van der Waals surface area contributed by atoms with E-state index in [1.807, 2.05) is 54.6 Å². The molecule has 1 aliphatic rings. The van der Waals surface area contributed by atoms with Gasteiger partial charge in [0.2, 0.25) is 0 Å². The number of nitrogens with zero attached hydrogens (tertiary/aromatic N) is 4. The molecular weight excluding hydrogens is 424 g/mol. The number of morpholine rings is 1. The Labute approximate surface area is 172 Å². The summed E-state index contributed by atoms with van der Waals surface area (Å²) in [5, 5.41) is 3.60. The van der Waals surface area contributed by atoms with Gasteiger partial charge in [0.25, 0.3) is 0 Å². The highest BCUT2D eigenvalue weighted by Crippen LogP contribution is 2.30. The average Bonchev–Trinajstić information content (AvgIpc) is 2.73. The minimum absolute atomic E-state index is 0.202. The van der Waals surface area contributed by atoms with Crippen molar-refractivity contribution in [3.05, 3.63) is 80.6 Å². The monoisotopic (exact) mass is 444 g/mol. The highest BCUT2D eigenvalue weighted by Gasteiger charge is 2.36. The van der Waals surface area contributed by atoms with Gasteiger partial charge in [0, 0.05) is 15.9 Å². The SMILES string of the molecule is [N-]=[N+]=NCCC1COCC(c2ccc(Br)cc2)N1C(=O)OCc1ccccc1. The number of amides is 1. The largest absolute Gasteiger partial charge is 0.445 e. The van der Waals surface area contributed by atoms with Crippen molar-refractivity contribution in [2.45, 2.75) is 25.1 Å². The third-order valence-corrected chi connectivity index (χ3v) is 5.14. The Morgan fingerprint density at radius 1 is 1.21 bits per heavy atom. The Bertz CT molecular complexity index is 825. The molecule has 1 saturated heterocycles. The van der Waals surface area contributed by atoms with Crippen molar-refractivity contribution >= 4 is 22.0 Å². The van der Waals surface area contributed by atoms with E-state index in [2.05, 4.69) is 26.0 Å². The Balaban J connectivity index is 1.79. The highest BCUT2D eigenvalue weighted by atomic mass is 79.9.